The average Bonchev–Trinajstić information content (AvgIpc) is 2.91. The number of nitrogens with zero attached hydrogens (tertiary/aromatic N) is 4. The molecule has 1 aliphatic rings. The van der Waals surface area contributed by atoms with Gasteiger partial charge in [0.15, 0.2) is 5.82 Å². The van der Waals surface area contributed by atoms with Gasteiger partial charge in [-0.1, -0.05) is 22.4 Å². The Labute approximate surface area is 160 Å². The highest BCUT2D eigenvalue weighted by Gasteiger charge is 2.15. The molecule has 1 aliphatic heterocycles. The number of phenols is 1. The first kappa shape index (κ1) is 17.0. The maximum Gasteiger partial charge on any atom is 0.163 e. The lowest BCUT2D eigenvalue weighted by molar-refractivity contribution is 0.474. The fourth-order valence-corrected chi connectivity index (χ4v) is 3.55. The van der Waals surface area contributed by atoms with Gasteiger partial charge in [-0.2, -0.15) is 0 Å². The number of hydrogen-bond donors (Lipinski definition) is 1. The predicted molar refractivity (Wildman–Crippen MR) is 106 cm³/mol. The van der Waals surface area contributed by atoms with Crippen molar-refractivity contribution in [2.24, 2.45) is 4.99 Å². The molecule has 0 saturated carbocycles. The molecule has 2 aromatic carbocycles. The Morgan fingerprint density at radius 2 is 1.88 bits per heavy atom. The molecule has 3 aromatic rings. The van der Waals surface area contributed by atoms with Crippen LogP contribution in [0.1, 0.15) is 30.7 Å². The maximum absolute atomic E-state index is 9.89. The number of phenolic OH excluding ortho intramolecular Hbond substituents is 1. The molecule has 132 valence electrons. The summed E-state index contributed by atoms with van der Waals surface area (Å²) in [6, 6.07) is 13.2. The van der Waals surface area contributed by atoms with E-state index in [0.717, 1.165) is 40.3 Å². The van der Waals surface area contributed by atoms with E-state index in [1.54, 1.807) is 18.3 Å². The predicted octanol–water partition coefficient (Wildman–Crippen LogP) is 4.89. The Bertz CT molecular complexity index is 947. The summed E-state index contributed by atoms with van der Waals surface area (Å²) >= 11 is 3.40. The monoisotopic (exact) mass is 410 g/mol. The van der Waals surface area contributed by atoms with Gasteiger partial charge < -0.3 is 9.67 Å². The maximum atomic E-state index is 9.89. The number of aryl methyl sites for hydroxylation is 1. The van der Waals surface area contributed by atoms with Crippen LogP contribution >= 0.6 is 15.9 Å². The van der Waals surface area contributed by atoms with Crippen molar-refractivity contribution in [1.29, 1.82) is 0 Å². The molecule has 5 nitrogen and oxygen atoms in total. The highest BCUT2D eigenvalue weighted by Crippen LogP contribution is 2.25. The van der Waals surface area contributed by atoms with E-state index in [4.69, 9.17) is 0 Å². The van der Waals surface area contributed by atoms with Crippen molar-refractivity contribution in [2.45, 2.75) is 32.2 Å². The molecule has 1 aromatic heterocycles. The first-order chi connectivity index (χ1) is 12.7. The second kappa shape index (κ2) is 7.41. The Hall–Kier alpha value is -2.47. The number of fused-ring (bicyclic) bond motifs is 1. The zero-order valence-corrected chi connectivity index (χ0v) is 15.9. The van der Waals surface area contributed by atoms with Crippen LogP contribution in [0.2, 0.25) is 0 Å². The Balaban J connectivity index is 1.57. The van der Waals surface area contributed by atoms with E-state index < -0.39 is 0 Å². The van der Waals surface area contributed by atoms with Crippen LogP contribution in [0.5, 0.6) is 5.75 Å². The van der Waals surface area contributed by atoms with Crippen molar-refractivity contribution in [3.05, 3.63) is 58.3 Å². The van der Waals surface area contributed by atoms with Crippen LogP contribution in [0.4, 0.5) is 5.69 Å². The van der Waals surface area contributed by atoms with Gasteiger partial charge in [0.2, 0.25) is 0 Å². The molecule has 0 atom stereocenters. The van der Waals surface area contributed by atoms with Gasteiger partial charge in [0.1, 0.15) is 11.6 Å². The summed E-state index contributed by atoms with van der Waals surface area (Å²) in [6.07, 6.45) is 6.29. The molecule has 0 unspecified atom stereocenters. The third kappa shape index (κ3) is 3.55. The zero-order valence-electron chi connectivity index (χ0n) is 14.3. The number of aliphatic imine (C=N–C) groups is 1. The molecule has 0 amide bonds. The molecule has 2 heterocycles. The van der Waals surface area contributed by atoms with Crippen LogP contribution in [0, 0.1) is 0 Å². The third-order valence-electron chi connectivity index (χ3n) is 4.58. The van der Waals surface area contributed by atoms with Crippen LogP contribution in [-0.4, -0.2) is 26.1 Å². The van der Waals surface area contributed by atoms with Crippen LogP contribution < -0.4 is 0 Å². The van der Waals surface area contributed by atoms with Gasteiger partial charge in [-0.05, 0) is 55.3 Å². The summed E-state index contributed by atoms with van der Waals surface area (Å²) in [5.74, 6) is 2.23. The summed E-state index contributed by atoms with van der Waals surface area (Å²) in [5.41, 5.74) is 2.55. The van der Waals surface area contributed by atoms with Gasteiger partial charge in [0, 0.05) is 34.8 Å². The lowest BCUT2D eigenvalue weighted by Crippen LogP contribution is -2.02. The van der Waals surface area contributed by atoms with Crippen LogP contribution in [-0.2, 0) is 13.0 Å². The van der Waals surface area contributed by atoms with Gasteiger partial charge in [0.05, 0.1) is 5.69 Å². The molecular formula is C20H19BrN4O. The van der Waals surface area contributed by atoms with Gasteiger partial charge in [-0.3, -0.25) is 4.99 Å². The van der Waals surface area contributed by atoms with E-state index in [1.165, 1.54) is 19.3 Å². The summed E-state index contributed by atoms with van der Waals surface area (Å²) < 4.78 is 3.14. The lowest BCUT2D eigenvalue weighted by Gasteiger charge is -2.07. The highest BCUT2D eigenvalue weighted by atomic mass is 79.9. The minimum absolute atomic E-state index is 0.208. The second-order valence-corrected chi connectivity index (χ2v) is 7.33. The average molecular weight is 411 g/mol. The van der Waals surface area contributed by atoms with Crippen LogP contribution in [0.25, 0.3) is 11.4 Å². The second-order valence-electron chi connectivity index (χ2n) is 6.41. The first-order valence-electron chi connectivity index (χ1n) is 8.76. The number of aromatic nitrogens is 3. The molecule has 6 heteroatoms. The van der Waals surface area contributed by atoms with Gasteiger partial charge in [0.25, 0.3) is 0 Å². The van der Waals surface area contributed by atoms with E-state index in [-0.39, 0.29) is 5.75 Å². The minimum Gasteiger partial charge on any atom is -0.507 e. The summed E-state index contributed by atoms with van der Waals surface area (Å²) in [4.78, 5) is 4.45. The molecule has 1 N–H and O–H groups in total. The first-order valence-corrected chi connectivity index (χ1v) is 9.55. The zero-order chi connectivity index (χ0) is 17.9. The molecule has 0 fully saturated rings. The standard InChI is InChI=1S/C20H19BrN4O/c21-16-7-10-18(26)15(12-16)13-22-17-8-5-14(6-9-17)20-24-23-19-4-2-1-3-11-25(19)20/h5-10,12-13,26H,1-4,11H2. The molecule has 0 radical (unpaired) electrons. The van der Waals surface area contributed by atoms with Crippen molar-refractivity contribution in [2.75, 3.05) is 0 Å². The lowest BCUT2D eigenvalue weighted by atomic mass is 10.2. The van der Waals surface area contributed by atoms with Crippen LogP contribution in [0.3, 0.4) is 0 Å². The quantitative estimate of drug-likeness (QED) is 0.625. The molecule has 0 bridgehead atoms. The van der Waals surface area contributed by atoms with Gasteiger partial charge >= 0.3 is 0 Å². The molecule has 4 rings (SSSR count). The SMILES string of the molecule is Oc1ccc(Br)cc1C=Nc1ccc(-c2nnc3n2CCCCC3)cc1. The highest BCUT2D eigenvalue weighted by molar-refractivity contribution is 9.10. The minimum atomic E-state index is 0.208. The van der Waals surface area contributed by atoms with E-state index in [0.29, 0.717) is 5.56 Å². The smallest absolute Gasteiger partial charge is 0.163 e. The molecule has 0 spiro atoms. The number of hydrogen-bond acceptors (Lipinski definition) is 4. The number of aromatic hydroxyl groups is 1. The van der Waals surface area contributed by atoms with Crippen molar-refractivity contribution in [3.8, 4) is 17.1 Å². The van der Waals surface area contributed by atoms with E-state index in [9.17, 15) is 5.11 Å². The normalized spacial score (nSPS) is 14.3. The Morgan fingerprint density at radius 1 is 1.04 bits per heavy atom. The van der Waals surface area contributed by atoms with Crippen molar-refractivity contribution >= 4 is 27.8 Å². The van der Waals surface area contributed by atoms with Crippen molar-refractivity contribution < 1.29 is 5.11 Å². The Morgan fingerprint density at radius 3 is 2.73 bits per heavy atom. The fourth-order valence-electron chi connectivity index (χ4n) is 3.17. The molecular weight excluding hydrogens is 392 g/mol. The number of benzene rings is 2. The molecule has 0 aliphatic carbocycles. The van der Waals surface area contributed by atoms with E-state index in [1.807, 2.05) is 30.3 Å². The fraction of sp³-hybridized carbons (Fsp3) is 0.250. The number of halogens is 1. The largest absolute Gasteiger partial charge is 0.507 e. The summed E-state index contributed by atoms with van der Waals surface area (Å²) in [6.45, 7) is 0.986. The Kier molecular flexibility index (Phi) is 4.84. The topological polar surface area (TPSA) is 63.3 Å². The number of rotatable bonds is 3. The van der Waals surface area contributed by atoms with E-state index >= 15 is 0 Å². The van der Waals surface area contributed by atoms with Crippen molar-refractivity contribution in [1.82, 2.24) is 14.8 Å². The summed E-state index contributed by atoms with van der Waals surface area (Å²) in [5, 5.41) is 18.6. The molecule has 26 heavy (non-hydrogen) atoms. The third-order valence-corrected chi connectivity index (χ3v) is 5.07. The van der Waals surface area contributed by atoms with Gasteiger partial charge in [-0.15, -0.1) is 10.2 Å². The molecule has 0 saturated heterocycles. The van der Waals surface area contributed by atoms with Crippen molar-refractivity contribution in [3.63, 3.8) is 0 Å². The summed E-state index contributed by atoms with van der Waals surface area (Å²) in [7, 11) is 0. The van der Waals surface area contributed by atoms with Crippen LogP contribution in [0.15, 0.2) is 51.9 Å². The van der Waals surface area contributed by atoms with E-state index in [2.05, 4.69) is 35.7 Å². The van der Waals surface area contributed by atoms with Gasteiger partial charge in [-0.25, -0.2) is 0 Å².